The molecule has 1 aromatic carbocycles. The summed E-state index contributed by atoms with van der Waals surface area (Å²) in [6.07, 6.45) is 1.72. The van der Waals surface area contributed by atoms with Gasteiger partial charge in [-0.3, -0.25) is 0 Å². The van der Waals surface area contributed by atoms with Crippen LogP contribution in [-0.4, -0.2) is 10.1 Å². The zero-order chi connectivity index (χ0) is 12.3. The molecule has 1 heterocycles. The molecular weight excluding hydrogens is 236 g/mol. The lowest BCUT2D eigenvalue weighted by atomic mass is 10.2. The highest BCUT2D eigenvalue weighted by Gasteiger charge is 2.01. The normalized spacial score (nSPS) is 10.2. The van der Waals surface area contributed by atoms with Crippen LogP contribution in [0.25, 0.3) is 0 Å². The van der Waals surface area contributed by atoms with Crippen LogP contribution in [0.3, 0.4) is 0 Å². The first kappa shape index (κ1) is 11.7. The van der Waals surface area contributed by atoms with Gasteiger partial charge in [-0.1, -0.05) is 23.7 Å². The first-order valence-electron chi connectivity index (χ1n) is 5.29. The van der Waals surface area contributed by atoms with Gasteiger partial charge in [-0.25, -0.2) is 4.98 Å². The summed E-state index contributed by atoms with van der Waals surface area (Å²) in [4.78, 5) is 4.06. The maximum absolute atomic E-state index is 9.34. The quantitative estimate of drug-likeness (QED) is 0.819. The molecule has 0 aliphatic heterocycles. The van der Waals surface area contributed by atoms with Crippen LogP contribution < -0.4 is 5.32 Å². The van der Waals surface area contributed by atoms with E-state index < -0.39 is 0 Å². The number of nitrogens with zero attached hydrogens (tertiary/aromatic N) is 1. The number of pyridine rings is 1. The first-order valence-corrected chi connectivity index (χ1v) is 5.67. The Hall–Kier alpha value is -1.74. The molecule has 0 aliphatic rings. The smallest absolute Gasteiger partial charge is 0.152 e. The zero-order valence-corrected chi connectivity index (χ0v) is 10.2. The molecule has 0 saturated heterocycles. The molecule has 0 saturated carbocycles. The number of phenolic OH excluding ortho intramolecular Hbond substituents is 1. The van der Waals surface area contributed by atoms with Crippen LogP contribution in [0.15, 0.2) is 36.5 Å². The number of hydrogen-bond donors (Lipinski definition) is 2. The average Bonchev–Trinajstić information content (AvgIpc) is 2.30. The summed E-state index contributed by atoms with van der Waals surface area (Å²) in [6, 6.07) is 9.04. The van der Waals surface area contributed by atoms with Crippen LogP contribution >= 0.6 is 11.6 Å². The van der Waals surface area contributed by atoms with Crippen LogP contribution in [-0.2, 0) is 6.54 Å². The van der Waals surface area contributed by atoms with Crippen molar-refractivity contribution in [3.63, 3.8) is 0 Å². The molecule has 1 aromatic heterocycles. The van der Waals surface area contributed by atoms with Gasteiger partial charge in [0.25, 0.3) is 0 Å². The van der Waals surface area contributed by atoms with E-state index in [1.54, 1.807) is 18.3 Å². The van der Waals surface area contributed by atoms with Crippen molar-refractivity contribution in [3.05, 3.63) is 52.8 Å². The molecule has 0 spiro atoms. The largest absolute Gasteiger partial charge is 0.508 e. The second-order valence-electron chi connectivity index (χ2n) is 3.87. The van der Waals surface area contributed by atoms with E-state index in [0.29, 0.717) is 11.7 Å². The number of hydrogen-bond acceptors (Lipinski definition) is 3. The van der Waals surface area contributed by atoms with Crippen molar-refractivity contribution in [3.8, 4) is 5.75 Å². The van der Waals surface area contributed by atoms with Gasteiger partial charge < -0.3 is 10.4 Å². The van der Waals surface area contributed by atoms with Gasteiger partial charge in [-0.05, 0) is 36.2 Å². The highest BCUT2D eigenvalue weighted by Crippen LogP contribution is 2.21. The van der Waals surface area contributed by atoms with E-state index >= 15 is 0 Å². The standard InChI is InChI=1S/C13H13ClN2O/c1-9-5-12(13(14)16-7-9)15-8-10-3-2-4-11(17)6-10/h2-7,15,17H,8H2,1H3. The fourth-order valence-electron chi connectivity index (χ4n) is 1.54. The fourth-order valence-corrected chi connectivity index (χ4v) is 1.71. The molecule has 3 nitrogen and oxygen atoms in total. The Morgan fingerprint density at radius 3 is 2.94 bits per heavy atom. The van der Waals surface area contributed by atoms with Crippen LogP contribution in [0.2, 0.25) is 5.15 Å². The summed E-state index contributed by atoms with van der Waals surface area (Å²) in [5.74, 6) is 0.262. The van der Waals surface area contributed by atoms with E-state index in [9.17, 15) is 5.11 Å². The Labute approximate surface area is 105 Å². The van der Waals surface area contributed by atoms with Crippen molar-refractivity contribution < 1.29 is 5.11 Å². The Kier molecular flexibility index (Phi) is 3.49. The third-order valence-electron chi connectivity index (χ3n) is 2.37. The molecular formula is C13H13ClN2O. The topological polar surface area (TPSA) is 45.2 Å². The van der Waals surface area contributed by atoms with Crippen LogP contribution in [0.4, 0.5) is 5.69 Å². The number of anilines is 1. The number of aromatic hydroxyl groups is 1. The van der Waals surface area contributed by atoms with Gasteiger partial charge in [-0.2, -0.15) is 0 Å². The Balaban J connectivity index is 2.09. The third-order valence-corrected chi connectivity index (χ3v) is 2.67. The predicted molar refractivity (Wildman–Crippen MR) is 69.4 cm³/mol. The summed E-state index contributed by atoms with van der Waals surface area (Å²) >= 11 is 5.97. The molecule has 2 N–H and O–H groups in total. The van der Waals surface area contributed by atoms with Gasteiger partial charge in [0, 0.05) is 12.7 Å². The Bertz CT molecular complexity index is 529. The van der Waals surface area contributed by atoms with Crippen LogP contribution in [0, 0.1) is 6.92 Å². The summed E-state index contributed by atoms with van der Waals surface area (Å²) in [7, 11) is 0. The molecule has 0 atom stereocenters. The number of benzene rings is 1. The lowest BCUT2D eigenvalue weighted by molar-refractivity contribution is 0.474. The minimum atomic E-state index is 0.262. The van der Waals surface area contributed by atoms with Gasteiger partial charge in [0.2, 0.25) is 0 Å². The zero-order valence-electron chi connectivity index (χ0n) is 9.44. The number of phenols is 1. The number of nitrogens with one attached hydrogen (secondary N) is 1. The van der Waals surface area contributed by atoms with Crippen molar-refractivity contribution >= 4 is 17.3 Å². The van der Waals surface area contributed by atoms with E-state index in [4.69, 9.17) is 11.6 Å². The highest BCUT2D eigenvalue weighted by atomic mass is 35.5. The molecule has 17 heavy (non-hydrogen) atoms. The van der Waals surface area contributed by atoms with Crippen LogP contribution in [0.1, 0.15) is 11.1 Å². The first-order chi connectivity index (χ1) is 8.15. The number of aromatic nitrogens is 1. The maximum atomic E-state index is 9.34. The molecule has 0 radical (unpaired) electrons. The van der Waals surface area contributed by atoms with Gasteiger partial charge >= 0.3 is 0 Å². The van der Waals surface area contributed by atoms with Crippen molar-refractivity contribution in [2.24, 2.45) is 0 Å². The highest BCUT2D eigenvalue weighted by molar-refractivity contribution is 6.31. The fraction of sp³-hybridized carbons (Fsp3) is 0.154. The molecule has 0 bridgehead atoms. The second kappa shape index (κ2) is 5.06. The van der Waals surface area contributed by atoms with Crippen molar-refractivity contribution in [1.82, 2.24) is 4.98 Å². The van der Waals surface area contributed by atoms with Crippen LogP contribution in [0.5, 0.6) is 5.75 Å². The van der Waals surface area contributed by atoms with E-state index in [-0.39, 0.29) is 5.75 Å². The van der Waals surface area contributed by atoms with E-state index in [2.05, 4.69) is 10.3 Å². The summed E-state index contributed by atoms with van der Waals surface area (Å²) in [5.41, 5.74) is 2.84. The molecule has 2 rings (SSSR count). The van der Waals surface area contributed by atoms with Crippen molar-refractivity contribution in [1.29, 1.82) is 0 Å². The maximum Gasteiger partial charge on any atom is 0.152 e. The summed E-state index contributed by atoms with van der Waals surface area (Å²) in [5, 5.41) is 13.0. The predicted octanol–water partition coefficient (Wildman–Crippen LogP) is 3.36. The molecule has 0 unspecified atom stereocenters. The number of halogens is 1. The molecule has 2 aromatic rings. The van der Waals surface area contributed by atoms with Crippen molar-refractivity contribution in [2.45, 2.75) is 13.5 Å². The van der Waals surface area contributed by atoms with E-state index in [1.807, 2.05) is 25.1 Å². The SMILES string of the molecule is Cc1cnc(Cl)c(NCc2cccc(O)c2)c1. The number of rotatable bonds is 3. The third kappa shape index (κ3) is 3.11. The molecule has 0 aliphatic carbocycles. The average molecular weight is 249 g/mol. The molecule has 4 heteroatoms. The monoisotopic (exact) mass is 248 g/mol. The lowest BCUT2D eigenvalue weighted by Gasteiger charge is -2.08. The Morgan fingerprint density at radius 2 is 2.18 bits per heavy atom. The Morgan fingerprint density at radius 1 is 1.35 bits per heavy atom. The summed E-state index contributed by atoms with van der Waals surface area (Å²) in [6.45, 7) is 2.56. The van der Waals surface area contributed by atoms with Crippen molar-refractivity contribution in [2.75, 3.05) is 5.32 Å². The minimum absolute atomic E-state index is 0.262. The van der Waals surface area contributed by atoms with Gasteiger partial charge in [0.15, 0.2) is 5.15 Å². The number of aryl methyl sites for hydroxylation is 1. The molecule has 88 valence electrons. The lowest BCUT2D eigenvalue weighted by Crippen LogP contribution is -2.00. The van der Waals surface area contributed by atoms with E-state index in [0.717, 1.165) is 16.8 Å². The summed E-state index contributed by atoms with van der Waals surface area (Å²) < 4.78 is 0. The van der Waals surface area contributed by atoms with Gasteiger partial charge in [0.05, 0.1) is 5.69 Å². The van der Waals surface area contributed by atoms with Gasteiger partial charge in [-0.15, -0.1) is 0 Å². The molecule has 0 amide bonds. The van der Waals surface area contributed by atoms with E-state index in [1.165, 1.54) is 0 Å². The minimum Gasteiger partial charge on any atom is -0.508 e. The van der Waals surface area contributed by atoms with Gasteiger partial charge in [0.1, 0.15) is 5.75 Å². The molecule has 0 fully saturated rings. The second-order valence-corrected chi connectivity index (χ2v) is 4.23.